The van der Waals surface area contributed by atoms with Gasteiger partial charge < -0.3 is 28.6 Å². The number of carboxylic acids is 1. The van der Waals surface area contributed by atoms with E-state index in [9.17, 15) is 19.5 Å². The van der Waals surface area contributed by atoms with E-state index in [2.05, 4.69) is 6.92 Å². The Morgan fingerprint density at radius 1 is 1.00 bits per heavy atom. The fraction of sp³-hybridized carbons (Fsp3) is 0.850. The van der Waals surface area contributed by atoms with Crippen LogP contribution in [0, 0.1) is 0 Å². The van der Waals surface area contributed by atoms with Crippen molar-refractivity contribution in [1.82, 2.24) is 0 Å². The molecule has 0 saturated carbocycles. The van der Waals surface area contributed by atoms with Gasteiger partial charge in [-0.15, -0.1) is 0 Å². The Morgan fingerprint density at radius 2 is 1.64 bits per heavy atom. The molecule has 0 rings (SSSR count). The van der Waals surface area contributed by atoms with Crippen molar-refractivity contribution in [3.63, 3.8) is 0 Å². The average Bonchev–Trinajstić information content (AvgIpc) is 2.57. The molecule has 164 valence electrons. The number of hydrogen-bond acceptors (Lipinski definition) is 7. The maximum Gasteiger partial charge on any atom is 0.306 e. The predicted octanol–water partition coefficient (Wildman–Crippen LogP) is 1.05. The Bertz CT molecular complexity index is 474. The molecule has 2 unspecified atom stereocenters. The van der Waals surface area contributed by atoms with E-state index in [0.717, 1.165) is 32.1 Å². The second-order valence-electron chi connectivity index (χ2n) is 7.89. The summed E-state index contributed by atoms with van der Waals surface area (Å²) in [6.07, 6.45) is 4.98. The Labute approximate surface area is 168 Å². The first-order valence-corrected chi connectivity index (χ1v) is 10.0. The molecule has 28 heavy (non-hydrogen) atoms. The minimum atomic E-state index is -1.14. The van der Waals surface area contributed by atoms with E-state index in [1.165, 1.54) is 6.92 Å². The zero-order valence-electron chi connectivity index (χ0n) is 18.0. The van der Waals surface area contributed by atoms with Crippen molar-refractivity contribution in [2.45, 2.75) is 70.9 Å². The molecule has 0 aromatic heterocycles. The summed E-state index contributed by atoms with van der Waals surface area (Å²) in [5.41, 5.74) is 0. The summed E-state index contributed by atoms with van der Waals surface area (Å²) in [4.78, 5) is 34.3. The number of unbranched alkanes of at least 4 members (excludes halogenated alkanes) is 4. The van der Waals surface area contributed by atoms with Crippen molar-refractivity contribution in [3.8, 4) is 0 Å². The largest absolute Gasteiger partial charge is 0.544 e. The lowest BCUT2D eigenvalue weighted by Crippen LogP contribution is -2.55. The number of hydrogen-bond donors (Lipinski definition) is 0. The van der Waals surface area contributed by atoms with Crippen LogP contribution in [0.1, 0.15) is 58.8 Å². The van der Waals surface area contributed by atoms with Crippen LogP contribution in [0.25, 0.3) is 0 Å². The Balaban J connectivity index is 4.38. The number of rotatable bonds is 16. The van der Waals surface area contributed by atoms with Gasteiger partial charge in [0.1, 0.15) is 12.6 Å². The molecule has 0 aromatic rings. The second-order valence-corrected chi connectivity index (χ2v) is 7.89. The molecule has 0 aliphatic carbocycles. The van der Waals surface area contributed by atoms with Crippen LogP contribution in [0.15, 0.2) is 0 Å². The summed E-state index contributed by atoms with van der Waals surface area (Å²) in [5, 5.41) is 11.3. The highest BCUT2D eigenvalue weighted by Crippen LogP contribution is 2.09. The van der Waals surface area contributed by atoms with Crippen LogP contribution in [0.5, 0.6) is 0 Å². The Hall–Kier alpha value is -1.67. The van der Waals surface area contributed by atoms with Gasteiger partial charge in [-0.05, 0) is 6.42 Å². The molecule has 0 aliphatic rings. The van der Waals surface area contributed by atoms with Gasteiger partial charge in [-0.1, -0.05) is 32.6 Å². The van der Waals surface area contributed by atoms with Gasteiger partial charge in [0.2, 0.25) is 0 Å². The molecule has 0 saturated heterocycles. The van der Waals surface area contributed by atoms with Gasteiger partial charge >= 0.3 is 11.9 Å². The number of carbonyl (C=O) groups is 3. The number of carbonyl (C=O) groups excluding carboxylic acids is 3. The summed E-state index contributed by atoms with van der Waals surface area (Å²) in [5.74, 6) is -1.96. The number of carboxylic acid groups (broad SMARTS) is 1. The molecular formula is C20H37NO7. The lowest BCUT2D eigenvalue weighted by Gasteiger charge is -2.34. The van der Waals surface area contributed by atoms with Crippen molar-refractivity contribution in [2.75, 3.05) is 41.0 Å². The van der Waals surface area contributed by atoms with Crippen molar-refractivity contribution >= 4 is 17.9 Å². The maximum atomic E-state index is 12.0. The van der Waals surface area contributed by atoms with Crippen molar-refractivity contribution in [2.24, 2.45) is 0 Å². The number of nitrogens with zero attached hydrogens (tertiary/aromatic N) is 1. The first-order valence-electron chi connectivity index (χ1n) is 10.0. The first kappa shape index (κ1) is 26.3. The van der Waals surface area contributed by atoms with E-state index in [4.69, 9.17) is 14.2 Å². The lowest BCUT2D eigenvalue weighted by atomic mass is 10.1. The summed E-state index contributed by atoms with van der Waals surface area (Å²) >= 11 is 0. The quantitative estimate of drug-likeness (QED) is 0.216. The smallest absolute Gasteiger partial charge is 0.306 e. The van der Waals surface area contributed by atoms with E-state index in [1.54, 1.807) is 21.1 Å². The Kier molecular flexibility index (Phi) is 13.5. The summed E-state index contributed by atoms with van der Waals surface area (Å²) < 4.78 is 16.0. The molecule has 0 fully saturated rings. The minimum Gasteiger partial charge on any atom is -0.544 e. The van der Waals surface area contributed by atoms with Crippen molar-refractivity contribution < 1.29 is 38.2 Å². The van der Waals surface area contributed by atoms with Crippen LogP contribution in [0.3, 0.4) is 0 Å². The highest BCUT2D eigenvalue weighted by molar-refractivity contribution is 5.70. The second kappa shape index (κ2) is 14.3. The van der Waals surface area contributed by atoms with Crippen molar-refractivity contribution in [1.29, 1.82) is 0 Å². The zero-order valence-corrected chi connectivity index (χ0v) is 18.0. The van der Waals surface area contributed by atoms with Crippen LogP contribution >= 0.6 is 0 Å². The number of likely N-dealkylation sites (N-methyl/N-ethyl adjacent to an activating group) is 1. The lowest BCUT2D eigenvalue weighted by molar-refractivity contribution is -0.889. The monoisotopic (exact) mass is 403 g/mol. The van der Waals surface area contributed by atoms with E-state index in [-0.39, 0.29) is 36.7 Å². The molecule has 8 nitrogen and oxygen atoms in total. The van der Waals surface area contributed by atoms with Crippen LogP contribution in [-0.4, -0.2) is 75.5 Å². The molecule has 0 spiro atoms. The molecule has 0 aromatic carbocycles. The number of ether oxygens (including phenoxy) is 3. The van der Waals surface area contributed by atoms with E-state index >= 15 is 0 Å². The topological polar surface area (TPSA) is 102 Å². The van der Waals surface area contributed by atoms with Crippen molar-refractivity contribution in [3.05, 3.63) is 0 Å². The normalized spacial score (nSPS) is 13.6. The summed E-state index contributed by atoms with van der Waals surface area (Å²) in [6, 6.07) is -0.711. The van der Waals surface area contributed by atoms with Crippen LogP contribution in [0.2, 0.25) is 0 Å². The highest BCUT2D eigenvalue weighted by Gasteiger charge is 2.25. The molecule has 2 atom stereocenters. The van der Waals surface area contributed by atoms with Gasteiger partial charge in [0.05, 0.1) is 40.3 Å². The van der Waals surface area contributed by atoms with Gasteiger partial charge in [-0.25, -0.2) is 0 Å². The molecule has 0 N–H and O–H groups in total. The SMILES string of the molecule is CCCCCCCC(=O)OC(COCCC(C(=O)[O-])[N+](C)(C)C)COC(C)=O. The molecule has 0 aliphatic heterocycles. The van der Waals surface area contributed by atoms with Gasteiger partial charge in [0, 0.05) is 19.8 Å². The number of quaternary nitrogens is 1. The summed E-state index contributed by atoms with van der Waals surface area (Å²) in [6.45, 7) is 3.52. The van der Waals surface area contributed by atoms with Crippen LogP contribution < -0.4 is 5.11 Å². The maximum absolute atomic E-state index is 12.0. The number of esters is 2. The summed E-state index contributed by atoms with van der Waals surface area (Å²) in [7, 11) is 5.31. The molecule has 8 heteroatoms. The van der Waals surface area contributed by atoms with E-state index in [1.807, 2.05) is 0 Å². The minimum absolute atomic E-state index is 0.0335. The van der Waals surface area contributed by atoms with Crippen LogP contribution in [-0.2, 0) is 28.6 Å². The standard InChI is InChI=1S/C20H37NO7/c1-6-7-8-9-10-11-19(23)28-17(15-27-16(2)22)14-26-13-12-18(20(24)25)21(3,4)5/h17-18H,6-15H2,1-5H3. The number of aliphatic carboxylic acids is 1. The van der Waals surface area contributed by atoms with Gasteiger partial charge in [-0.3, -0.25) is 9.59 Å². The molecule has 0 amide bonds. The fourth-order valence-electron chi connectivity index (χ4n) is 2.68. The van der Waals surface area contributed by atoms with E-state index < -0.39 is 24.1 Å². The van der Waals surface area contributed by atoms with Gasteiger partial charge in [0.15, 0.2) is 6.10 Å². The van der Waals surface area contributed by atoms with Gasteiger partial charge in [-0.2, -0.15) is 0 Å². The average molecular weight is 404 g/mol. The molecule has 0 radical (unpaired) electrons. The molecular weight excluding hydrogens is 366 g/mol. The van der Waals surface area contributed by atoms with Crippen LogP contribution in [0.4, 0.5) is 0 Å². The molecule has 0 bridgehead atoms. The third kappa shape index (κ3) is 13.5. The third-order valence-electron chi connectivity index (χ3n) is 4.30. The zero-order chi connectivity index (χ0) is 21.6. The molecule has 0 heterocycles. The van der Waals surface area contributed by atoms with E-state index in [0.29, 0.717) is 6.42 Å². The highest BCUT2D eigenvalue weighted by atomic mass is 16.6. The fourth-order valence-corrected chi connectivity index (χ4v) is 2.68. The third-order valence-corrected chi connectivity index (χ3v) is 4.30. The predicted molar refractivity (Wildman–Crippen MR) is 102 cm³/mol. The Morgan fingerprint density at radius 3 is 2.18 bits per heavy atom. The first-order chi connectivity index (χ1) is 13.1. The van der Waals surface area contributed by atoms with Gasteiger partial charge in [0.25, 0.3) is 0 Å².